The smallest absolute Gasteiger partial charge is 0.151 e. The van der Waals surface area contributed by atoms with E-state index >= 15 is 0 Å². The Labute approximate surface area is 109 Å². The van der Waals surface area contributed by atoms with Crippen molar-refractivity contribution in [2.45, 2.75) is 12.3 Å². The van der Waals surface area contributed by atoms with Gasteiger partial charge in [0.1, 0.15) is 0 Å². The van der Waals surface area contributed by atoms with Gasteiger partial charge < -0.3 is 5.32 Å². The van der Waals surface area contributed by atoms with Crippen molar-refractivity contribution in [2.75, 3.05) is 32.4 Å². The van der Waals surface area contributed by atoms with E-state index in [0.29, 0.717) is 0 Å². The number of hydrogen-bond acceptors (Lipinski definition) is 4. The van der Waals surface area contributed by atoms with Gasteiger partial charge >= 0.3 is 0 Å². The van der Waals surface area contributed by atoms with Crippen molar-refractivity contribution in [1.29, 1.82) is 0 Å². The molecular weight excluding hydrogens is 248 g/mol. The Hall–Kier alpha value is -0.910. The SMILES string of the molecule is CS(=O)(=O)Cc1cccc(CN2CCNCC2)c1. The van der Waals surface area contributed by atoms with E-state index in [-0.39, 0.29) is 5.75 Å². The van der Waals surface area contributed by atoms with Crippen LogP contribution in [-0.4, -0.2) is 45.8 Å². The molecule has 1 aromatic rings. The molecule has 0 aromatic heterocycles. The lowest BCUT2D eigenvalue weighted by atomic mass is 10.1. The lowest BCUT2D eigenvalue weighted by molar-refractivity contribution is 0.233. The van der Waals surface area contributed by atoms with Crippen LogP contribution < -0.4 is 5.32 Å². The Kier molecular flexibility index (Phi) is 4.37. The van der Waals surface area contributed by atoms with E-state index < -0.39 is 9.84 Å². The molecule has 0 saturated carbocycles. The fourth-order valence-electron chi connectivity index (χ4n) is 2.25. The van der Waals surface area contributed by atoms with Gasteiger partial charge in [-0.25, -0.2) is 8.42 Å². The van der Waals surface area contributed by atoms with E-state index in [4.69, 9.17) is 0 Å². The minimum Gasteiger partial charge on any atom is -0.314 e. The average molecular weight is 268 g/mol. The molecule has 18 heavy (non-hydrogen) atoms. The second kappa shape index (κ2) is 5.82. The van der Waals surface area contributed by atoms with Gasteiger partial charge in [0.15, 0.2) is 9.84 Å². The molecule has 2 rings (SSSR count). The van der Waals surface area contributed by atoms with Crippen LogP contribution in [0.2, 0.25) is 0 Å². The third-order valence-electron chi connectivity index (χ3n) is 3.04. The van der Waals surface area contributed by atoms with E-state index in [1.165, 1.54) is 11.8 Å². The summed E-state index contributed by atoms with van der Waals surface area (Å²) in [7, 11) is -2.95. The summed E-state index contributed by atoms with van der Waals surface area (Å²) in [5.74, 6) is 0.127. The van der Waals surface area contributed by atoms with Crippen molar-refractivity contribution >= 4 is 9.84 Å². The summed E-state index contributed by atoms with van der Waals surface area (Å²) >= 11 is 0. The second-order valence-corrected chi connectivity index (χ2v) is 7.06. The zero-order valence-corrected chi connectivity index (χ0v) is 11.5. The molecule has 1 N–H and O–H groups in total. The maximum absolute atomic E-state index is 11.3. The van der Waals surface area contributed by atoms with Crippen molar-refractivity contribution in [3.05, 3.63) is 35.4 Å². The lowest BCUT2D eigenvalue weighted by Gasteiger charge is -2.27. The molecule has 0 unspecified atom stereocenters. The monoisotopic (exact) mass is 268 g/mol. The molecule has 4 nitrogen and oxygen atoms in total. The molecule has 1 aliphatic heterocycles. The summed E-state index contributed by atoms with van der Waals surface area (Å²) in [5, 5.41) is 3.32. The Morgan fingerprint density at radius 2 is 1.89 bits per heavy atom. The Morgan fingerprint density at radius 1 is 1.22 bits per heavy atom. The topological polar surface area (TPSA) is 49.4 Å². The minimum absolute atomic E-state index is 0.127. The molecule has 0 spiro atoms. The molecule has 0 atom stereocenters. The quantitative estimate of drug-likeness (QED) is 0.870. The zero-order valence-electron chi connectivity index (χ0n) is 10.7. The fraction of sp³-hybridized carbons (Fsp3) is 0.538. The van der Waals surface area contributed by atoms with Gasteiger partial charge in [0, 0.05) is 39.0 Å². The predicted molar refractivity (Wildman–Crippen MR) is 73.1 cm³/mol. The highest BCUT2D eigenvalue weighted by atomic mass is 32.2. The third kappa shape index (κ3) is 4.40. The summed E-state index contributed by atoms with van der Waals surface area (Å²) in [5.41, 5.74) is 2.07. The molecule has 5 heteroatoms. The van der Waals surface area contributed by atoms with Crippen LogP contribution in [0, 0.1) is 0 Å². The van der Waals surface area contributed by atoms with Crippen LogP contribution in [0.1, 0.15) is 11.1 Å². The van der Waals surface area contributed by atoms with E-state index in [1.807, 2.05) is 18.2 Å². The van der Waals surface area contributed by atoms with Crippen molar-refractivity contribution in [2.24, 2.45) is 0 Å². The van der Waals surface area contributed by atoms with Gasteiger partial charge in [0.25, 0.3) is 0 Å². The summed E-state index contributed by atoms with van der Waals surface area (Å²) in [6.07, 6.45) is 1.27. The fourth-order valence-corrected chi connectivity index (χ4v) is 3.03. The first kappa shape index (κ1) is 13.5. The van der Waals surface area contributed by atoms with Crippen LogP contribution in [0.4, 0.5) is 0 Å². The van der Waals surface area contributed by atoms with Gasteiger partial charge in [-0.1, -0.05) is 24.3 Å². The largest absolute Gasteiger partial charge is 0.314 e. The molecule has 0 amide bonds. The number of hydrogen-bond donors (Lipinski definition) is 1. The van der Waals surface area contributed by atoms with Gasteiger partial charge in [0.2, 0.25) is 0 Å². The summed E-state index contributed by atoms with van der Waals surface area (Å²) in [6.45, 7) is 5.07. The molecule has 0 bridgehead atoms. The molecule has 0 aliphatic carbocycles. The Morgan fingerprint density at radius 3 is 2.56 bits per heavy atom. The normalized spacial score (nSPS) is 17.8. The van der Waals surface area contributed by atoms with E-state index in [1.54, 1.807) is 0 Å². The van der Waals surface area contributed by atoms with Gasteiger partial charge in [0.05, 0.1) is 5.75 Å². The summed E-state index contributed by atoms with van der Waals surface area (Å²) in [6, 6.07) is 7.89. The number of nitrogens with zero attached hydrogens (tertiary/aromatic N) is 1. The average Bonchev–Trinajstić information content (AvgIpc) is 2.28. The zero-order chi connectivity index (χ0) is 13.0. The van der Waals surface area contributed by atoms with Crippen LogP contribution in [-0.2, 0) is 22.1 Å². The van der Waals surface area contributed by atoms with Crippen LogP contribution in [0.15, 0.2) is 24.3 Å². The number of piperazine rings is 1. The van der Waals surface area contributed by atoms with Gasteiger partial charge in [-0.2, -0.15) is 0 Å². The van der Waals surface area contributed by atoms with Gasteiger partial charge in [-0.3, -0.25) is 4.90 Å². The lowest BCUT2D eigenvalue weighted by Crippen LogP contribution is -2.42. The van der Waals surface area contributed by atoms with Crippen molar-refractivity contribution in [3.8, 4) is 0 Å². The van der Waals surface area contributed by atoms with Crippen molar-refractivity contribution in [3.63, 3.8) is 0 Å². The summed E-state index contributed by atoms with van der Waals surface area (Å²) in [4.78, 5) is 2.38. The molecule has 100 valence electrons. The molecule has 1 heterocycles. The number of rotatable bonds is 4. The predicted octanol–water partition coefficient (Wildman–Crippen LogP) is 0.636. The Bertz CT molecular complexity index is 493. The highest BCUT2D eigenvalue weighted by Crippen LogP contribution is 2.11. The molecule has 1 aliphatic rings. The molecule has 1 aromatic carbocycles. The molecular formula is C13H20N2O2S. The number of nitrogens with one attached hydrogen (secondary N) is 1. The standard InChI is InChI=1S/C13H20N2O2S/c1-18(16,17)11-13-4-2-3-12(9-13)10-15-7-5-14-6-8-15/h2-4,9,14H,5-8,10-11H2,1H3. The van der Waals surface area contributed by atoms with Crippen LogP contribution in [0.5, 0.6) is 0 Å². The number of sulfone groups is 1. The first-order valence-corrected chi connectivity index (χ1v) is 8.28. The van der Waals surface area contributed by atoms with Crippen LogP contribution in [0.3, 0.4) is 0 Å². The third-order valence-corrected chi connectivity index (χ3v) is 3.89. The molecule has 0 radical (unpaired) electrons. The van der Waals surface area contributed by atoms with E-state index in [2.05, 4.69) is 16.3 Å². The first-order chi connectivity index (χ1) is 8.53. The molecule has 1 fully saturated rings. The van der Waals surface area contributed by atoms with E-state index in [0.717, 1.165) is 38.3 Å². The van der Waals surface area contributed by atoms with Crippen molar-refractivity contribution < 1.29 is 8.42 Å². The van der Waals surface area contributed by atoms with Crippen LogP contribution in [0.25, 0.3) is 0 Å². The maximum Gasteiger partial charge on any atom is 0.151 e. The van der Waals surface area contributed by atoms with Crippen LogP contribution >= 0.6 is 0 Å². The first-order valence-electron chi connectivity index (χ1n) is 6.21. The highest BCUT2D eigenvalue weighted by Gasteiger charge is 2.10. The molecule has 1 saturated heterocycles. The highest BCUT2D eigenvalue weighted by molar-refractivity contribution is 7.89. The van der Waals surface area contributed by atoms with E-state index in [9.17, 15) is 8.42 Å². The van der Waals surface area contributed by atoms with Crippen molar-refractivity contribution in [1.82, 2.24) is 10.2 Å². The van der Waals surface area contributed by atoms with Gasteiger partial charge in [-0.15, -0.1) is 0 Å². The van der Waals surface area contributed by atoms with Gasteiger partial charge in [-0.05, 0) is 11.1 Å². The Balaban J connectivity index is 2.02. The summed E-state index contributed by atoms with van der Waals surface area (Å²) < 4.78 is 22.6. The number of benzene rings is 1. The maximum atomic E-state index is 11.3. The minimum atomic E-state index is -2.95. The second-order valence-electron chi connectivity index (χ2n) is 4.92.